The van der Waals surface area contributed by atoms with E-state index in [1.54, 1.807) is 6.07 Å². The summed E-state index contributed by atoms with van der Waals surface area (Å²) in [6, 6.07) is 4.02. The van der Waals surface area contributed by atoms with Crippen molar-refractivity contribution in [1.82, 2.24) is 10.1 Å². The number of aromatic nitrogens is 2. The van der Waals surface area contributed by atoms with Crippen molar-refractivity contribution in [2.75, 3.05) is 0 Å². The van der Waals surface area contributed by atoms with Crippen molar-refractivity contribution in [3.8, 4) is 5.75 Å². The van der Waals surface area contributed by atoms with E-state index in [1.165, 1.54) is 12.1 Å². The molecule has 0 saturated heterocycles. The number of aryl methyl sites for hydroxylation is 1. The Morgan fingerprint density at radius 1 is 1.47 bits per heavy atom. The van der Waals surface area contributed by atoms with Gasteiger partial charge < -0.3 is 15.0 Å². The van der Waals surface area contributed by atoms with Crippen molar-refractivity contribution in [1.29, 1.82) is 0 Å². The van der Waals surface area contributed by atoms with Gasteiger partial charge in [-0.1, -0.05) is 18.1 Å². The highest BCUT2D eigenvalue weighted by Crippen LogP contribution is 2.25. The van der Waals surface area contributed by atoms with Crippen LogP contribution in [0.15, 0.2) is 22.7 Å². The van der Waals surface area contributed by atoms with Crippen molar-refractivity contribution >= 4 is 0 Å². The smallest absolute Gasteiger partial charge is 0.264 e. The summed E-state index contributed by atoms with van der Waals surface area (Å²) in [7, 11) is 0. The van der Waals surface area contributed by atoms with E-state index in [-0.39, 0.29) is 18.5 Å². The molecule has 2 aromatic rings. The van der Waals surface area contributed by atoms with Crippen LogP contribution in [0.3, 0.4) is 0 Å². The number of halogens is 1. The van der Waals surface area contributed by atoms with Crippen LogP contribution < -0.4 is 10.5 Å². The zero-order chi connectivity index (χ0) is 13.8. The summed E-state index contributed by atoms with van der Waals surface area (Å²) in [5.41, 5.74) is 6.54. The quantitative estimate of drug-likeness (QED) is 0.898. The molecule has 1 aromatic carbocycles. The van der Waals surface area contributed by atoms with Gasteiger partial charge in [0.1, 0.15) is 11.6 Å². The summed E-state index contributed by atoms with van der Waals surface area (Å²) in [6.45, 7) is 3.83. The molecule has 0 saturated carbocycles. The predicted molar refractivity (Wildman–Crippen MR) is 67.0 cm³/mol. The third-order valence-corrected chi connectivity index (χ3v) is 2.64. The van der Waals surface area contributed by atoms with Crippen molar-refractivity contribution in [3.05, 3.63) is 41.3 Å². The fourth-order valence-corrected chi connectivity index (χ4v) is 1.64. The first-order valence-electron chi connectivity index (χ1n) is 6.09. The van der Waals surface area contributed by atoms with Gasteiger partial charge in [0, 0.05) is 24.1 Å². The first-order chi connectivity index (χ1) is 9.10. The van der Waals surface area contributed by atoms with E-state index in [1.807, 2.05) is 13.8 Å². The minimum atomic E-state index is -0.376. The number of ether oxygens (including phenoxy) is 1. The van der Waals surface area contributed by atoms with E-state index in [0.29, 0.717) is 23.9 Å². The van der Waals surface area contributed by atoms with E-state index in [2.05, 4.69) is 10.1 Å². The van der Waals surface area contributed by atoms with Gasteiger partial charge in [-0.05, 0) is 13.0 Å². The number of nitrogens with two attached hydrogens (primary N) is 1. The molecule has 2 rings (SSSR count). The Labute approximate surface area is 110 Å². The molecule has 0 amide bonds. The van der Waals surface area contributed by atoms with Gasteiger partial charge in [-0.15, -0.1) is 0 Å². The minimum Gasteiger partial charge on any atom is -0.483 e. The average molecular weight is 265 g/mol. The van der Waals surface area contributed by atoms with Gasteiger partial charge in [-0.2, -0.15) is 4.98 Å². The molecule has 0 aliphatic rings. The molecule has 1 heterocycles. The van der Waals surface area contributed by atoms with Gasteiger partial charge in [-0.25, -0.2) is 4.39 Å². The lowest BCUT2D eigenvalue weighted by Crippen LogP contribution is -2.08. The van der Waals surface area contributed by atoms with Gasteiger partial charge in [0.05, 0.1) is 0 Å². The molecule has 1 aromatic heterocycles. The van der Waals surface area contributed by atoms with Gasteiger partial charge in [0.25, 0.3) is 5.89 Å². The van der Waals surface area contributed by atoms with Crippen LogP contribution in [0.5, 0.6) is 5.75 Å². The molecule has 6 heteroatoms. The second-order valence-corrected chi connectivity index (χ2v) is 4.22. The lowest BCUT2D eigenvalue weighted by atomic mass is 10.1. The van der Waals surface area contributed by atoms with Gasteiger partial charge >= 0.3 is 0 Å². The summed E-state index contributed by atoms with van der Waals surface area (Å²) in [5.74, 6) is 0.993. The van der Waals surface area contributed by atoms with E-state index in [9.17, 15) is 4.39 Å². The maximum Gasteiger partial charge on any atom is 0.264 e. The summed E-state index contributed by atoms with van der Waals surface area (Å²) >= 11 is 0. The Morgan fingerprint density at radius 3 is 2.89 bits per heavy atom. The highest BCUT2D eigenvalue weighted by Gasteiger charge is 2.11. The van der Waals surface area contributed by atoms with Gasteiger partial charge in [0.15, 0.2) is 12.4 Å². The lowest BCUT2D eigenvalue weighted by molar-refractivity contribution is 0.239. The molecule has 0 aliphatic heterocycles. The molecule has 1 unspecified atom stereocenters. The highest BCUT2D eigenvalue weighted by atomic mass is 19.1. The molecule has 0 spiro atoms. The third kappa shape index (κ3) is 3.29. The number of hydrogen-bond donors (Lipinski definition) is 1. The normalized spacial score (nSPS) is 12.4. The van der Waals surface area contributed by atoms with E-state index in [4.69, 9.17) is 15.0 Å². The largest absolute Gasteiger partial charge is 0.483 e. The first kappa shape index (κ1) is 13.5. The van der Waals surface area contributed by atoms with E-state index >= 15 is 0 Å². The third-order valence-electron chi connectivity index (χ3n) is 2.64. The topological polar surface area (TPSA) is 74.2 Å². The van der Waals surface area contributed by atoms with Gasteiger partial charge in [0.2, 0.25) is 0 Å². The Kier molecular flexibility index (Phi) is 4.11. The summed E-state index contributed by atoms with van der Waals surface area (Å²) in [5, 5.41) is 3.76. The average Bonchev–Trinajstić information content (AvgIpc) is 2.84. The number of nitrogens with zero attached hydrogens (tertiary/aromatic N) is 2. The zero-order valence-electron chi connectivity index (χ0n) is 10.9. The predicted octanol–water partition coefficient (Wildman–Crippen LogP) is 2.37. The molecular weight excluding hydrogens is 249 g/mol. The fraction of sp³-hybridized carbons (Fsp3) is 0.385. The number of hydrogen-bond acceptors (Lipinski definition) is 5. The molecule has 0 fully saturated rings. The highest BCUT2D eigenvalue weighted by molar-refractivity contribution is 5.36. The maximum absolute atomic E-state index is 13.2. The van der Waals surface area contributed by atoms with Crippen molar-refractivity contribution < 1.29 is 13.7 Å². The molecule has 2 N–H and O–H groups in total. The number of rotatable bonds is 5. The Balaban J connectivity index is 2.12. The van der Waals surface area contributed by atoms with Crippen molar-refractivity contribution in [2.24, 2.45) is 5.73 Å². The molecule has 0 bridgehead atoms. The summed E-state index contributed by atoms with van der Waals surface area (Å²) in [6.07, 6.45) is 0.689. The fourth-order valence-electron chi connectivity index (χ4n) is 1.64. The Bertz CT molecular complexity index is 555. The first-order valence-corrected chi connectivity index (χ1v) is 6.09. The molecule has 0 radical (unpaired) electrons. The molecule has 5 nitrogen and oxygen atoms in total. The van der Waals surface area contributed by atoms with E-state index in [0.717, 1.165) is 5.56 Å². The van der Waals surface area contributed by atoms with Crippen LogP contribution in [-0.2, 0) is 13.0 Å². The second-order valence-electron chi connectivity index (χ2n) is 4.22. The molecule has 1 atom stereocenters. The van der Waals surface area contributed by atoms with Crippen LogP contribution in [0.2, 0.25) is 0 Å². The van der Waals surface area contributed by atoms with E-state index < -0.39 is 0 Å². The standard InChI is InChI=1S/C13H16FN3O2/c1-3-12-16-13(19-17-12)7-18-11-6-9(14)4-5-10(11)8(2)15/h4-6,8H,3,7,15H2,1-2H3. The van der Waals surface area contributed by atoms with Crippen molar-refractivity contribution in [2.45, 2.75) is 32.9 Å². The van der Waals surface area contributed by atoms with Gasteiger partial charge in [-0.3, -0.25) is 0 Å². The zero-order valence-corrected chi connectivity index (χ0v) is 10.9. The maximum atomic E-state index is 13.2. The molecular formula is C13H16FN3O2. The Hall–Kier alpha value is -1.95. The van der Waals surface area contributed by atoms with Crippen molar-refractivity contribution in [3.63, 3.8) is 0 Å². The number of benzene rings is 1. The molecule has 102 valence electrons. The summed E-state index contributed by atoms with van der Waals surface area (Å²) < 4.78 is 23.7. The minimum absolute atomic E-state index is 0.0934. The summed E-state index contributed by atoms with van der Waals surface area (Å²) in [4.78, 5) is 4.11. The van der Waals surface area contributed by atoms with Crippen LogP contribution in [0.4, 0.5) is 4.39 Å². The van der Waals surface area contributed by atoms with Crippen LogP contribution in [0.1, 0.15) is 37.2 Å². The molecule has 19 heavy (non-hydrogen) atoms. The molecule has 0 aliphatic carbocycles. The van der Waals surface area contributed by atoms with Crippen LogP contribution in [0.25, 0.3) is 0 Å². The second kappa shape index (κ2) is 5.79. The van der Waals surface area contributed by atoms with Crippen LogP contribution in [0, 0.1) is 5.82 Å². The lowest BCUT2D eigenvalue weighted by Gasteiger charge is -2.12. The van der Waals surface area contributed by atoms with Crippen LogP contribution >= 0.6 is 0 Å². The Morgan fingerprint density at radius 2 is 2.26 bits per heavy atom. The monoisotopic (exact) mass is 265 g/mol. The SMILES string of the molecule is CCc1noc(COc2cc(F)ccc2C(C)N)n1. The van der Waals surface area contributed by atoms with Crippen LogP contribution in [-0.4, -0.2) is 10.1 Å².